The van der Waals surface area contributed by atoms with E-state index in [1.54, 1.807) is 6.20 Å². The van der Waals surface area contributed by atoms with Crippen LogP contribution in [0, 0.1) is 0 Å². The van der Waals surface area contributed by atoms with Crippen LogP contribution in [-0.4, -0.2) is 40.8 Å². The number of anilines is 1. The minimum Gasteiger partial charge on any atom is -0.369 e. The maximum absolute atomic E-state index is 12.6. The number of nitrogens with zero attached hydrogens (tertiary/aromatic N) is 4. The molecule has 0 saturated carbocycles. The molecule has 1 amide bonds. The molecule has 0 aliphatic carbocycles. The van der Waals surface area contributed by atoms with Gasteiger partial charge in [-0.15, -0.1) is 0 Å². The number of carbonyl (C=O) groups excluding carboxylic acids is 1. The SMILES string of the molecule is NC(=O)CNS(=O)(=O)c1cncc(-c2nc(NCc3ccccn3)c3c(-c4ccccc4)cccc3n2)c1. The fourth-order valence-corrected chi connectivity index (χ4v) is 4.89. The Morgan fingerprint density at radius 3 is 2.47 bits per heavy atom. The van der Waals surface area contributed by atoms with E-state index in [4.69, 9.17) is 15.7 Å². The van der Waals surface area contributed by atoms with Gasteiger partial charge in [-0.05, 0) is 35.4 Å². The second-order valence-corrected chi connectivity index (χ2v) is 10.1. The van der Waals surface area contributed by atoms with Crippen LogP contribution in [-0.2, 0) is 21.4 Å². The van der Waals surface area contributed by atoms with Gasteiger partial charge in [0.05, 0.1) is 29.7 Å². The number of carbonyl (C=O) groups is 1. The highest BCUT2D eigenvalue weighted by Crippen LogP contribution is 2.34. The van der Waals surface area contributed by atoms with Gasteiger partial charge in [-0.3, -0.25) is 14.8 Å². The molecule has 4 N–H and O–H groups in total. The summed E-state index contributed by atoms with van der Waals surface area (Å²) >= 11 is 0. The molecule has 10 nitrogen and oxygen atoms in total. The number of nitrogens with one attached hydrogen (secondary N) is 2. The summed E-state index contributed by atoms with van der Waals surface area (Å²) in [7, 11) is -4.02. The highest BCUT2D eigenvalue weighted by atomic mass is 32.2. The van der Waals surface area contributed by atoms with E-state index in [0.717, 1.165) is 22.2 Å². The summed E-state index contributed by atoms with van der Waals surface area (Å²) < 4.78 is 27.4. The summed E-state index contributed by atoms with van der Waals surface area (Å²) in [5.74, 6) is 0.0503. The summed E-state index contributed by atoms with van der Waals surface area (Å²) in [6.45, 7) is -0.109. The average Bonchev–Trinajstić information content (AvgIpc) is 2.95. The Hall–Kier alpha value is -4.74. The molecule has 0 aliphatic heterocycles. The molecule has 0 bridgehead atoms. The average molecular weight is 526 g/mol. The summed E-state index contributed by atoms with van der Waals surface area (Å²) in [6.07, 6.45) is 4.39. The van der Waals surface area contributed by atoms with E-state index in [2.05, 4.69) is 20.0 Å². The lowest BCUT2D eigenvalue weighted by molar-refractivity contribution is -0.116. The molecule has 0 fully saturated rings. The molecule has 38 heavy (non-hydrogen) atoms. The van der Waals surface area contributed by atoms with Crippen molar-refractivity contribution >= 4 is 32.7 Å². The Bertz CT molecular complexity index is 1710. The monoisotopic (exact) mass is 525 g/mol. The van der Waals surface area contributed by atoms with Crippen LogP contribution in [0.25, 0.3) is 33.4 Å². The predicted octanol–water partition coefficient (Wildman–Crippen LogP) is 3.13. The van der Waals surface area contributed by atoms with Crippen LogP contribution in [0.4, 0.5) is 5.82 Å². The lowest BCUT2D eigenvalue weighted by Gasteiger charge is -2.14. The Morgan fingerprint density at radius 1 is 0.895 bits per heavy atom. The van der Waals surface area contributed by atoms with Gasteiger partial charge in [0.25, 0.3) is 0 Å². The Morgan fingerprint density at radius 2 is 1.71 bits per heavy atom. The van der Waals surface area contributed by atoms with Crippen molar-refractivity contribution in [2.75, 3.05) is 11.9 Å². The number of hydrogen-bond donors (Lipinski definition) is 3. The maximum Gasteiger partial charge on any atom is 0.242 e. The van der Waals surface area contributed by atoms with Crippen molar-refractivity contribution in [3.8, 4) is 22.5 Å². The lowest BCUT2D eigenvalue weighted by Crippen LogP contribution is -2.33. The molecule has 3 aromatic heterocycles. The van der Waals surface area contributed by atoms with Crippen molar-refractivity contribution in [1.82, 2.24) is 24.7 Å². The van der Waals surface area contributed by atoms with Gasteiger partial charge in [0.15, 0.2) is 5.82 Å². The smallest absolute Gasteiger partial charge is 0.242 e. The van der Waals surface area contributed by atoms with Gasteiger partial charge >= 0.3 is 0 Å². The highest BCUT2D eigenvalue weighted by Gasteiger charge is 2.19. The minimum atomic E-state index is -4.02. The summed E-state index contributed by atoms with van der Waals surface area (Å²) in [5, 5.41) is 4.20. The van der Waals surface area contributed by atoms with E-state index >= 15 is 0 Å². The molecule has 0 aliphatic rings. The van der Waals surface area contributed by atoms with E-state index in [-0.39, 0.29) is 10.7 Å². The quantitative estimate of drug-likeness (QED) is 0.265. The minimum absolute atomic E-state index is 0.138. The van der Waals surface area contributed by atoms with E-state index < -0.39 is 22.5 Å². The molecule has 3 heterocycles. The topological polar surface area (TPSA) is 153 Å². The lowest BCUT2D eigenvalue weighted by atomic mass is 10.0. The highest BCUT2D eigenvalue weighted by molar-refractivity contribution is 7.89. The van der Waals surface area contributed by atoms with Crippen molar-refractivity contribution in [2.24, 2.45) is 5.73 Å². The first kappa shape index (κ1) is 24.9. The number of benzene rings is 2. The number of amides is 1. The summed E-state index contributed by atoms with van der Waals surface area (Å²) in [5.41, 5.74) is 8.92. The van der Waals surface area contributed by atoms with Crippen molar-refractivity contribution in [3.05, 3.63) is 97.1 Å². The maximum atomic E-state index is 12.6. The number of fused-ring (bicyclic) bond motifs is 1. The Kier molecular flexibility index (Phi) is 7.03. The van der Waals surface area contributed by atoms with Crippen molar-refractivity contribution < 1.29 is 13.2 Å². The third-order valence-corrected chi connectivity index (χ3v) is 7.06. The van der Waals surface area contributed by atoms with E-state index in [1.165, 1.54) is 18.5 Å². The molecule has 0 spiro atoms. The van der Waals surface area contributed by atoms with Crippen molar-refractivity contribution in [2.45, 2.75) is 11.4 Å². The van der Waals surface area contributed by atoms with E-state index in [9.17, 15) is 13.2 Å². The number of rotatable bonds is 9. The molecule has 11 heteroatoms. The molecule has 0 unspecified atom stereocenters. The van der Waals surface area contributed by atoms with Crippen molar-refractivity contribution in [3.63, 3.8) is 0 Å². The molecule has 2 aromatic carbocycles. The van der Waals surface area contributed by atoms with Crippen LogP contribution in [0.3, 0.4) is 0 Å². The predicted molar refractivity (Wildman–Crippen MR) is 144 cm³/mol. The van der Waals surface area contributed by atoms with Crippen LogP contribution in [0.2, 0.25) is 0 Å². The number of hydrogen-bond acceptors (Lipinski definition) is 8. The molecule has 0 saturated heterocycles. The van der Waals surface area contributed by atoms with Gasteiger partial charge in [-0.25, -0.2) is 23.1 Å². The zero-order valence-corrected chi connectivity index (χ0v) is 20.9. The van der Waals surface area contributed by atoms with Gasteiger partial charge in [-0.2, -0.15) is 0 Å². The molecular formula is C27H23N7O3S. The molecule has 5 aromatic rings. The summed E-state index contributed by atoms with van der Waals surface area (Å²) in [4.78, 5) is 28.9. The van der Waals surface area contributed by atoms with Crippen LogP contribution in [0.15, 0.2) is 96.3 Å². The van der Waals surface area contributed by atoms with Gasteiger partial charge < -0.3 is 11.1 Å². The number of sulfonamides is 1. The fourth-order valence-electron chi connectivity index (χ4n) is 3.91. The number of aromatic nitrogens is 4. The Balaban J connectivity index is 1.62. The van der Waals surface area contributed by atoms with Crippen molar-refractivity contribution in [1.29, 1.82) is 0 Å². The number of nitrogens with two attached hydrogens (primary N) is 1. The fraction of sp³-hybridized carbons (Fsp3) is 0.0741. The first-order valence-electron chi connectivity index (χ1n) is 11.6. The normalized spacial score (nSPS) is 11.4. The van der Waals surface area contributed by atoms with Crippen LogP contribution in [0.1, 0.15) is 5.69 Å². The summed E-state index contributed by atoms with van der Waals surface area (Å²) in [6, 6.07) is 22.8. The van der Waals surface area contributed by atoms with Gasteiger partial charge in [0.2, 0.25) is 15.9 Å². The van der Waals surface area contributed by atoms with Crippen LogP contribution >= 0.6 is 0 Å². The first-order valence-corrected chi connectivity index (χ1v) is 13.1. The molecule has 190 valence electrons. The van der Waals surface area contributed by atoms with Crippen LogP contribution in [0.5, 0.6) is 0 Å². The number of primary amides is 1. The Labute approximate surface area is 219 Å². The zero-order chi connectivity index (χ0) is 26.5. The second kappa shape index (κ2) is 10.7. The molecule has 5 rings (SSSR count). The number of pyridine rings is 2. The van der Waals surface area contributed by atoms with E-state index in [1.807, 2.05) is 66.7 Å². The third-order valence-electron chi connectivity index (χ3n) is 5.69. The molecule has 0 atom stereocenters. The van der Waals surface area contributed by atoms with Gasteiger partial charge in [0, 0.05) is 24.2 Å². The van der Waals surface area contributed by atoms with Gasteiger partial charge in [-0.1, -0.05) is 48.5 Å². The largest absolute Gasteiger partial charge is 0.369 e. The third kappa shape index (κ3) is 5.48. The standard InChI is InChI=1S/C27H23N7O3S/c28-24(35)17-32-38(36,37)21-13-19(14-29-16-21)26-33-23-11-6-10-22(18-7-2-1-3-8-18)25(23)27(34-26)31-15-20-9-4-5-12-30-20/h1-14,16,32H,15,17H2,(H2,28,35)(H,31,33,34). The van der Waals surface area contributed by atoms with E-state index in [0.29, 0.717) is 23.4 Å². The molecule has 0 radical (unpaired) electrons. The van der Waals surface area contributed by atoms with Gasteiger partial charge in [0.1, 0.15) is 10.7 Å². The molecular weight excluding hydrogens is 502 g/mol. The zero-order valence-electron chi connectivity index (χ0n) is 20.1. The van der Waals surface area contributed by atoms with Crippen LogP contribution < -0.4 is 15.8 Å². The second-order valence-electron chi connectivity index (χ2n) is 8.34. The first-order chi connectivity index (χ1) is 18.4.